The minimum Gasteiger partial charge on any atom is -0.387 e. The summed E-state index contributed by atoms with van der Waals surface area (Å²) >= 11 is 0. The Balaban J connectivity index is 1.16. The fourth-order valence-electron chi connectivity index (χ4n) is 9.75. The van der Waals surface area contributed by atoms with Crippen molar-refractivity contribution in [1.29, 1.82) is 5.26 Å². The summed E-state index contributed by atoms with van der Waals surface area (Å²) in [6.07, 6.45) is 12.1. The van der Waals surface area contributed by atoms with Gasteiger partial charge in [0.15, 0.2) is 0 Å². The first-order chi connectivity index (χ1) is 29.4. The molecule has 0 spiro atoms. The van der Waals surface area contributed by atoms with Crippen molar-refractivity contribution in [2.75, 3.05) is 44.4 Å². The highest BCUT2D eigenvalue weighted by molar-refractivity contribution is 7.71. The zero-order chi connectivity index (χ0) is 43.0. The Morgan fingerprint density at radius 1 is 1.02 bits per heavy atom. The van der Waals surface area contributed by atoms with E-state index in [0.29, 0.717) is 89.2 Å². The number of benzene rings is 2. The molecule has 1 aliphatic carbocycles. The van der Waals surface area contributed by atoms with Crippen LogP contribution in [0.1, 0.15) is 102 Å². The molecule has 2 aromatic carbocycles. The number of nitrogens with zero attached hydrogens (tertiary/aromatic N) is 7. The van der Waals surface area contributed by atoms with Crippen LogP contribution in [0.5, 0.6) is 0 Å². The summed E-state index contributed by atoms with van der Waals surface area (Å²) in [5, 5.41) is 19.6. The predicted octanol–water partition coefficient (Wildman–Crippen LogP) is 8.10. The van der Waals surface area contributed by atoms with E-state index < -0.39 is 18.6 Å². The lowest BCUT2D eigenvalue weighted by molar-refractivity contribution is 0.0676. The maximum Gasteiger partial charge on any atom is 0.338 e. The third-order valence-corrected chi connectivity index (χ3v) is 16.8. The number of imidazole rings is 1. The summed E-state index contributed by atoms with van der Waals surface area (Å²) in [6.45, 7) is 11.1. The molecule has 1 saturated carbocycles. The van der Waals surface area contributed by atoms with Gasteiger partial charge in [0.25, 0.3) is 5.91 Å². The van der Waals surface area contributed by atoms with E-state index in [9.17, 15) is 14.6 Å². The standard InChI is InChI=1S/C47H52FN8O4P/c1-7-61(59,8-2)40-12-10-34(25-38(40)50-6)54-19-20-55(46(54)58)44-41-31(5)53(18-13-37(41)51-56(44)35-23-29(3)43(48)30(4)24-35)45(57)36-27-52-26-33(32-14-21-60-22-15-32)9-11-39(52)42(36)47(28-49)16-17-47/h9-12,19-20,23-27,31-32,50H,7-8,13-18,21-22H2,1-6H3/t31-/m0/s1. The third-order valence-electron chi connectivity index (χ3n) is 13.5. The van der Waals surface area contributed by atoms with Crippen LogP contribution in [0.4, 0.5) is 10.1 Å². The Kier molecular flexibility index (Phi) is 10.2. The van der Waals surface area contributed by atoms with Crippen LogP contribution < -0.4 is 16.3 Å². The van der Waals surface area contributed by atoms with E-state index in [1.807, 2.05) is 54.5 Å². The molecular formula is C47H52FN8O4P. The summed E-state index contributed by atoms with van der Waals surface area (Å²) in [5.41, 5.74) is 6.47. The molecule has 0 unspecified atom stereocenters. The van der Waals surface area contributed by atoms with Crippen LogP contribution in [0, 0.1) is 31.0 Å². The second-order valence-corrected chi connectivity index (χ2v) is 20.5. The van der Waals surface area contributed by atoms with E-state index >= 15 is 9.18 Å². The molecule has 1 atom stereocenters. The van der Waals surface area contributed by atoms with Crippen LogP contribution in [0.3, 0.4) is 0 Å². The molecule has 61 heavy (non-hydrogen) atoms. The Morgan fingerprint density at radius 2 is 1.72 bits per heavy atom. The van der Waals surface area contributed by atoms with Crippen molar-refractivity contribution in [1.82, 2.24) is 28.2 Å². The highest BCUT2D eigenvalue weighted by Gasteiger charge is 2.50. The Morgan fingerprint density at radius 3 is 2.38 bits per heavy atom. The number of halogens is 1. The first kappa shape index (κ1) is 40.7. The topological polar surface area (TPSA) is 132 Å². The zero-order valence-corrected chi connectivity index (χ0v) is 36.6. The fraction of sp³-hybridized carbons (Fsp3) is 0.404. The van der Waals surface area contributed by atoms with E-state index in [-0.39, 0.29) is 17.4 Å². The quantitative estimate of drug-likeness (QED) is 0.138. The van der Waals surface area contributed by atoms with Crippen molar-refractivity contribution >= 4 is 29.6 Å². The highest BCUT2D eigenvalue weighted by Crippen LogP contribution is 2.52. The van der Waals surface area contributed by atoms with Gasteiger partial charge in [0, 0.05) is 92.5 Å². The maximum absolute atomic E-state index is 15.1. The molecule has 2 fully saturated rings. The summed E-state index contributed by atoms with van der Waals surface area (Å²) in [7, 11) is -0.845. The van der Waals surface area contributed by atoms with Gasteiger partial charge in [0.05, 0.1) is 45.7 Å². The fourth-order valence-corrected chi connectivity index (χ4v) is 11.8. The number of aromatic nitrogens is 5. The lowest BCUT2D eigenvalue weighted by Crippen LogP contribution is -2.39. The number of aryl methyl sites for hydroxylation is 2. The first-order valence-corrected chi connectivity index (χ1v) is 23.5. The summed E-state index contributed by atoms with van der Waals surface area (Å²) in [5.74, 6) is 0.331. The molecule has 3 aliphatic rings. The van der Waals surface area contributed by atoms with Crippen molar-refractivity contribution < 1.29 is 18.5 Å². The van der Waals surface area contributed by atoms with Gasteiger partial charge < -0.3 is 23.9 Å². The second-order valence-electron chi connectivity index (χ2n) is 17.0. The Labute approximate surface area is 354 Å². The molecule has 0 bridgehead atoms. The SMILES string of the molecule is CCP(=O)(CC)c1ccc(-n2ccn(-c3c4c(nn3-c3cc(C)c(F)c(C)c3)CCN(C(=O)c3cn5cc(C6CCOCC6)ccc5c3C3(C#N)CC3)[C@H]4C)c2=O)cc1NC. The largest absolute Gasteiger partial charge is 0.387 e. The molecule has 6 heterocycles. The van der Waals surface area contributed by atoms with Gasteiger partial charge in [0.1, 0.15) is 18.8 Å². The number of fused-ring (bicyclic) bond motifs is 2. The number of nitrogens with one attached hydrogen (secondary N) is 1. The van der Waals surface area contributed by atoms with Gasteiger partial charge in [0.2, 0.25) is 0 Å². The summed E-state index contributed by atoms with van der Waals surface area (Å²) in [6, 6.07) is 15.2. The molecule has 2 aliphatic heterocycles. The molecule has 6 aromatic rings. The molecule has 12 nitrogen and oxygen atoms in total. The van der Waals surface area contributed by atoms with E-state index in [0.717, 1.165) is 48.1 Å². The van der Waals surface area contributed by atoms with Gasteiger partial charge in [-0.3, -0.25) is 13.9 Å². The van der Waals surface area contributed by atoms with Crippen LogP contribution in [-0.4, -0.2) is 73.3 Å². The third kappa shape index (κ3) is 6.57. The molecule has 1 saturated heterocycles. The van der Waals surface area contributed by atoms with Gasteiger partial charge in [-0.1, -0.05) is 19.9 Å². The van der Waals surface area contributed by atoms with E-state index in [1.165, 1.54) is 5.56 Å². The van der Waals surface area contributed by atoms with Gasteiger partial charge in [-0.2, -0.15) is 10.4 Å². The van der Waals surface area contributed by atoms with Crippen LogP contribution in [-0.2, 0) is 21.1 Å². The van der Waals surface area contributed by atoms with Crippen molar-refractivity contribution in [2.24, 2.45) is 0 Å². The number of ether oxygens (including phenoxy) is 1. The van der Waals surface area contributed by atoms with Crippen molar-refractivity contribution in [3.8, 4) is 23.3 Å². The minimum atomic E-state index is -2.63. The smallest absolute Gasteiger partial charge is 0.338 e. The number of hydrogen-bond acceptors (Lipinski definition) is 7. The van der Waals surface area contributed by atoms with Gasteiger partial charge in [-0.25, -0.2) is 13.9 Å². The normalized spacial score (nSPS) is 17.7. The lowest BCUT2D eigenvalue weighted by atomic mass is 9.91. The molecule has 9 rings (SSSR count). The Bertz CT molecular complexity index is 2860. The highest BCUT2D eigenvalue weighted by atomic mass is 31.2. The van der Waals surface area contributed by atoms with Crippen LogP contribution in [0.2, 0.25) is 0 Å². The molecule has 0 radical (unpaired) electrons. The molecule has 316 valence electrons. The van der Waals surface area contributed by atoms with E-state index in [1.54, 1.807) is 59.2 Å². The van der Waals surface area contributed by atoms with Gasteiger partial charge in [-0.15, -0.1) is 0 Å². The number of anilines is 1. The molecule has 1 amide bonds. The maximum atomic E-state index is 15.1. The average molecular weight is 843 g/mol. The number of nitriles is 1. The lowest BCUT2D eigenvalue weighted by Gasteiger charge is -2.34. The summed E-state index contributed by atoms with van der Waals surface area (Å²) < 4.78 is 41.3. The number of pyridine rings is 1. The van der Waals surface area contributed by atoms with Crippen LogP contribution in [0.15, 0.2) is 72.0 Å². The molecule has 4 aromatic heterocycles. The van der Waals surface area contributed by atoms with Crippen LogP contribution in [0.25, 0.3) is 22.7 Å². The first-order valence-electron chi connectivity index (χ1n) is 21.4. The average Bonchev–Trinajstić information content (AvgIpc) is 3.61. The number of carbonyl (C=O) groups excluding carboxylic acids is 1. The van der Waals surface area contributed by atoms with Gasteiger partial charge in [-0.05, 0) is 105 Å². The minimum absolute atomic E-state index is 0.181. The van der Waals surface area contributed by atoms with Crippen molar-refractivity contribution in [2.45, 2.75) is 84.1 Å². The second kappa shape index (κ2) is 15.3. The van der Waals surface area contributed by atoms with Crippen LogP contribution >= 0.6 is 7.14 Å². The zero-order valence-electron chi connectivity index (χ0n) is 35.7. The number of hydrogen-bond donors (Lipinski definition) is 1. The molecule has 14 heteroatoms. The van der Waals surface area contributed by atoms with E-state index in [2.05, 4.69) is 29.7 Å². The monoisotopic (exact) mass is 842 g/mol. The number of amides is 1. The summed E-state index contributed by atoms with van der Waals surface area (Å²) in [4.78, 5) is 31.7. The number of rotatable bonds is 10. The van der Waals surface area contributed by atoms with E-state index in [4.69, 9.17) is 9.84 Å². The van der Waals surface area contributed by atoms with Crippen molar-refractivity contribution in [3.63, 3.8) is 0 Å². The predicted molar refractivity (Wildman–Crippen MR) is 236 cm³/mol. The number of carbonyl (C=O) groups is 1. The van der Waals surface area contributed by atoms with Crippen molar-refractivity contribution in [3.05, 3.63) is 123 Å². The Hall–Kier alpha value is -5.70. The molecular weight excluding hydrogens is 791 g/mol. The van der Waals surface area contributed by atoms with Gasteiger partial charge >= 0.3 is 5.69 Å². The molecule has 1 N–H and O–H groups in total.